The summed E-state index contributed by atoms with van der Waals surface area (Å²) >= 11 is 3.05. The number of amides is 1. The zero-order chi connectivity index (χ0) is 23.6. The number of thioether (sulfide) groups is 1. The van der Waals surface area contributed by atoms with Gasteiger partial charge in [0.1, 0.15) is 0 Å². The lowest BCUT2D eigenvalue weighted by Gasteiger charge is -2.25. The Kier molecular flexibility index (Phi) is 10.2. The van der Waals surface area contributed by atoms with Crippen LogP contribution in [0.25, 0.3) is 0 Å². The van der Waals surface area contributed by atoms with Crippen molar-refractivity contribution in [3.63, 3.8) is 0 Å². The number of aliphatic hydroxyl groups excluding tert-OH is 1. The van der Waals surface area contributed by atoms with Crippen molar-refractivity contribution in [1.29, 1.82) is 0 Å². The molecular weight excluding hydrogens is 456 g/mol. The van der Waals surface area contributed by atoms with Gasteiger partial charge >= 0.3 is 5.97 Å². The maximum Gasteiger partial charge on any atom is 0.357 e. The summed E-state index contributed by atoms with van der Waals surface area (Å²) in [6.45, 7) is 4.30. The van der Waals surface area contributed by atoms with Crippen LogP contribution in [0, 0.1) is 0 Å². The van der Waals surface area contributed by atoms with Crippen molar-refractivity contribution in [2.45, 2.75) is 81.7 Å². The monoisotopic (exact) mass is 490 g/mol. The van der Waals surface area contributed by atoms with Crippen LogP contribution in [0.15, 0.2) is 34.0 Å². The van der Waals surface area contributed by atoms with Gasteiger partial charge in [-0.25, -0.2) is 9.78 Å². The molecule has 0 aliphatic carbocycles. The van der Waals surface area contributed by atoms with Crippen LogP contribution in [0.1, 0.15) is 87.4 Å². The second-order valence-electron chi connectivity index (χ2n) is 8.27. The van der Waals surface area contributed by atoms with Crippen molar-refractivity contribution in [3.8, 4) is 0 Å². The average Bonchev–Trinajstić information content (AvgIpc) is 3.44. The van der Waals surface area contributed by atoms with Crippen molar-refractivity contribution >= 4 is 40.7 Å². The number of aromatic nitrogens is 1. The minimum Gasteiger partial charge on any atom is -0.461 e. The summed E-state index contributed by atoms with van der Waals surface area (Å²) in [5, 5.41) is 12.2. The fraction of sp³-hybridized carbons (Fsp3) is 0.560. The van der Waals surface area contributed by atoms with E-state index < -0.39 is 6.10 Å². The highest BCUT2D eigenvalue weighted by Gasteiger charge is 2.32. The zero-order valence-corrected chi connectivity index (χ0v) is 21.1. The number of aliphatic hydroxyl groups is 1. The molecular formula is C25H34N2O4S2. The van der Waals surface area contributed by atoms with E-state index in [1.54, 1.807) is 24.1 Å². The molecule has 1 amide bonds. The third kappa shape index (κ3) is 7.29. The first kappa shape index (κ1) is 25.7. The van der Waals surface area contributed by atoms with Crippen LogP contribution in [-0.2, 0) is 9.53 Å². The Hall–Kier alpha value is -1.90. The molecule has 33 heavy (non-hydrogen) atoms. The number of rotatable bonds is 13. The first-order valence-electron chi connectivity index (χ1n) is 11.9. The summed E-state index contributed by atoms with van der Waals surface area (Å²) in [4.78, 5) is 30.6. The molecule has 3 rings (SSSR count). The van der Waals surface area contributed by atoms with Gasteiger partial charge in [0.2, 0.25) is 5.91 Å². The van der Waals surface area contributed by atoms with E-state index >= 15 is 0 Å². The van der Waals surface area contributed by atoms with E-state index in [0.29, 0.717) is 18.7 Å². The highest BCUT2D eigenvalue weighted by atomic mass is 32.2. The molecule has 1 aromatic carbocycles. The van der Waals surface area contributed by atoms with E-state index in [2.05, 4.69) is 11.9 Å². The Morgan fingerprint density at radius 1 is 1.27 bits per heavy atom. The molecule has 1 N–H and O–H groups in total. The van der Waals surface area contributed by atoms with E-state index in [1.807, 2.05) is 29.2 Å². The van der Waals surface area contributed by atoms with Gasteiger partial charge in [-0.05, 0) is 43.9 Å². The van der Waals surface area contributed by atoms with Crippen molar-refractivity contribution < 1.29 is 19.4 Å². The van der Waals surface area contributed by atoms with Gasteiger partial charge in [-0.1, -0.05) is 56.5 Å². The molecule has 0 radical (unpaired) electrons. The molecule has 1 aromatic heterocycles. The van der Waals surface area contributed by atoms with Crippen molar-refractivity contribution in [3.05, 3.63) is 40.9 Å². The van der Waals surface area contributed by atoms with Gasteiger partial charge in [-0.3, -0.25) is 4.79 Å². The predicted octanol–water partition coefficient (Wildman–Crippen LogP) is 6.00. The Morgan fingerprint density at radius 3 is 2.79 bits per heavy atom. The summed E-state index contributed by atoms with van der Waals surface area (Å²) in [7, 11) is 0. The molecule has 1 saturated heterocycles. The maximum absolute atomic E-state index is 12.6. The number of ether oxygens (including phenoxy) is 1. The third-order valence-corrected chi connectivity index (χ3v) is 7.91. The zero-order valence-electron chi connectivity index (χ0n) is 19.5. The Labute approximate surface area is 204 Å². The standard InChI is InChI=1S/C25H34N2O4S2/c1-3-5-6-7-8-22(28)18-9-11-19(12-10-18)27-20(13-14-23(27)29)15-16-32-25-26-21(17-33-25)24(30)31-4-2/h9-12,17,20,22,28H,3-8,13-16H2,1-2H3/t20-,22?/m1/s1. The first-order valence-corrected chi connectivity index (χ1v) is 13.8. The Bertz CT molecular complexity index is 900. The number of hydrogen-bond donors (Lipinski definition) is 1. The van der Waals surface area contributed by atoms with Crippen LogP contribution in [0.2, 0.25) is 0 Å². The summed E-state index contributed by atoms with van der Waals surface area (Å²) in [5.74, 6) is 0.582. The van der Waals surface area contributed by atoms with Gasteiger partial charge in [0, 0.05) is 29.3 Å². The van der Waals surface area contributed by atoms with E-state index in [0.717, 1.165) is 53.4 Å². The number of thiazole rings is 1. The van der Waals surface area contributed by atoms with E-state index in [-0.39, 0.29) is 17.9 Å². The normalized spacial score (nSPS) is 16.9. The maximum atomic E-state index is 12.6. The molecule has 2 heterocycles. The molecule has 1 aliphatic heterocycles. The molecule has 2 aromatic rings. The summed E-state index contributed by atoms with van der Waals surface area (Å²) in [6, 6.07) is 7.97. The SMILES string of the molecule is CCCCCCC(O)c1ccc(N2C(=O)CC[C@@H]2CCSc2nc(C(=O)OCC)cs2)cc1. The first-order chi connectivity index (χ1) is 16.0. The highest BCUT2D eigenvalue weighted by molar-refractivity contribution is 8.01. The number of esters is 1. The van der Waals surface area contributed by atoms with Crippen LogP contribution in [0.5, 0.6) is 0 Å². The second-order valence-corrected chi connectivity index (χ2v) is 10.5. The summed E-state index contributed by atoms with van der Waals surface area (Å²) in [5.41, 5.74) is 2.16. The molecule has 180 valence electrons. The predicted molar refractivity (Wildman–Crippen MR) is 134 cm³/mol. The highest BCUT2D eigenvalue weighted by Crippen LogP contribution is 2.32. The second kappa shape index (κ2) is 13.1. The molecule has 8 heteroatoms. The van der Waals surface area contributed by atoms with Crippen molar-refractivity contribution in [1.82, 2.24) is 4.98 Å². The van der Waals surface area contributed by atoms with Gasteiger partial charge in [-0.15, -0.1) is 11.3 Å². The van der Waals surface area contributed by atoms with Gasteiger partial charge in [0.05, 0.1) is 12.7 Å². The van der Waals surface area contributed by atoms with Crippen molar-refractivity contribution in [2.75, 3.05) is 17.3 Å². The van der Waals surface area contributed by atoms with E-state index in [1.165, 1.54) is 24.2 Å². The summed E-state index contributed by atoms with van der Waals surface area (Å²) in [6.07, 6.45) is 7.15. The number of carbonyl (C=O) groups excluding carboxylic acids is 2. The third-order valence-electron chi connectivity index (χ3n) is 5.86. The minimum atomic E-state index is -0.449. The molecule has 0 spiro atoms. The molecule has 6 nitrogen and oxygen atoms in total. The lowest BCUT2D eigenvalue weighted by molar-refractivity contribution is -0.117. The number of hydrogen-bond acceptors (Lipinski definition) is 7. The molecule has 2 atom stereocenters. The number of anilines is 1. The molecule has 0 bridgehead atoms. The number of carbonyl (C=O) groups is 2. The minimum absolute atomic E-state index is 0.150. The molecule has 1 fully saturated rings. The van der Waals surface area contributed by atoms with Crippen LogP contribution >= 0.6 is 23.1 Å². The molecule has 0 saturated carbocycles. The van der Waals surface area contributed by atoms with Crippen LogP contribution < -0.4 is 4.90 Å². The average molecular weight is 491 g/mol. The van der Waals surface area contributed by atoms with E-state index in [9.17, 15) is 14.7 Å². The smallest absolute Gasteiger partial charge is 0.357 e. The summed E-state index contributed by atoms with van der Waals surface area (Å²) < 4.78 is 5.83. The van der Waals surface area contributed by atoms with Gasteiger partial charge in [0.25, 0.3) is 0 Å². The number of unbranched alkanes of at least 4 members (excludes halogenated alkanes) is 3. The Morgan fingerprint density at radius 2 is 2.06 bits per heavy atom. The number of nitrogens with zero attached hydrogens (tertiary/aromatic N) is 2. The molecule has 1 unspecified atom stereocenters. The fourth-order valence-corrected chi connectivity index (χ4v) is 5.97. The number of benzene rings is 1. The Balaban J connectivity index is 1.52. The lowest BCUT2D eigenvalue weighted by Crippen LogP contribution is -2.33. The van der Waals surface area contributed by atoms with Gasteiger partial charge in [0.15, 0.2) is 10.0 Å². The van der Waals surface area contributed by atoms with Gasteiger partial charge in [-0.2, -0.15) is 0 Å². The fourth-order valence-electron chi connectivity index (χ4n) is 4.06. The van der Waals surface area contributed by atoms with Crippen molar-refractivity contribution in [2.24, 2.45) is 0 Å². The van der Waals surface area contributed by atoms with Crippen LogP contribution in [0.3, 0.4) is 0 Å². The largest absolute Gasteiger partial charge is 0.461 e. The van der Waals surface area contributed by atoms with Crippen LogP contribution in [0.4, 0.5) is 5.69 Å². The van der Waals surface area contributed by atoms with Crippen LogP contribution in [-0.4, -0.2) is 40.4 Å². The van der Waals surface area contributed by atoms with E-state index in [4.69, 9.17) is 4.74 Å². The molecule has 1 aliphatic rings. The topological polar surface area (TPSA) is 79.7 Å². The lowest BCUT2D eigenvalue weighted by atomic mass is 10.0. The van der Waals surface area contributed by atoms with Gasteiger partial charge < -0.3 is 14.7 Å². The quantitative estimate of drug-likeness (QED) is 0.211.